The molecule has 0 saturated heterocycles. The van der Waals surface area contributed by atoms with Crippen molar-refractivity contribution < 1.29 is 10.0 Å². The first-order valence-corrected chi connectivity index (χ1v) is 6.46. The van der Waals surface area contributed by atoms with Gasteiger partial charge < -0.3 is 5.11 Å². The molecule has 0 atom stereocenters. The summed E-state index contributed by atoms with van der Waals surface area (Å²) in [6.07, 6.45) is 1.82. The third kappa shape index (κ3) is 3.89. The van der Waals surface area contributed by atoms with Crippen LogP contribution in [-0.2, 0) is 0 Å². The minimum Gasteiger partial charge on any atom is -0.392 e. The molecule has 1 aromatic carbocycles. The number of benzene rings is 1. The second-order valence-corrected chi connectivity index (χ2v) is 5.26. The van der Waals surface area contributed by atoms with Gasteiger partial charge >= 0.3 is 0 Å². The molecule has 0 saturated carbocycles. The monoisotopic (exact) mass is 263 g/mol. The van der Waals surface area contributed by atoms with E-state index in [1.807, 2.05) is 39.8 Å². The molecule has 0 radical (unpaired) electrons. The standard InChI is InChI=1S/C15H21NO3/c1-10(2)13(9-17)7-12-5-6-14(11(3)4)15(8-12)16(18)19/h5-8,10-11,17H,9H2,1-4H3. The van der Waals surface area contributed by atoms with Crippen LogP contribution in [0.2, 0.25) is 0 Å². The molecular formula is C15H21NO3. The fourth-order valence-electron chi connectivity index (χ4n) is 1.91. The zero-order valence-corrected chi connectivity index (χ0v) is 11.9. The number of nitro groups is 1. The van der Waals surface area contributed by atoms with Crippen LogP contribution in [0.3, 0.4) is 0 Å². The maximum Gasteiger partial charge on any atom is 0.273 e. The highest BCUT2D eigenvalue weighted by Gasteiger charge is 2.16. The highest BCUT2D eigenvalue weighted by atomic mass is 16.6. The van der Waals surface area contributed by atoms with Crippen LogP contribution >= 0.6 is 0 Å². The number of aliphatic hydroxyl groups excluding tert-OH is 1. The van der Waals surface area contributed by atoms with Gasteiger partial charge in [-0.05, 0) is 23.0 Å². The molecule has 0 fully saturated rings. The lowest BCUT2D eigenvalue weighted by molar-refractivity contribution is -0.385. The van der Waals surface area contributed by atoms with Crippen molar-refractivity contribution in [2.24, 2.45) is 5.92 Å². The summed E-state index contributed by atoms with van der Waals surface area (Å²) in [7, 11) is 0. The molecule has 4 nitrogen and oxygen atoms in total. The molecule has 0 aliphatic rings. The molecule has 0 bridgehead atoms. The summed E-state index contributed by atoms with van der Waals surface area (Å²) in [5.41, 5.74) is 2.50. The van der Waals surface area contributed by atoms with Gasteiger partial charge in [0.15, 0.2) is 0 Å². The normalized spacial score (nSPS) is 12.3. The summed E-state index contributed by atoms with van der Waals surface area (Å²) >= 11 is 0. The molecule has 19 heavy (non-hydrogen) atoms. The Balaban J connectivity index is 3.26. The zero-order chi connectivity index (χ0) is 14.6. The molecule has 0 aliphatic heterocycles. The third-order valence-corrected chi connectivity index (χ3v) is 3.15. The van der Waals surface area contributed by atoms with E-state index in [0.717, 1.165) is 16.7 Å². The van der Waals surface area contributed by atoms with E-state index < -0.39 is 0 Å². The molecule has 104 valence electrons. The summed E-state index contributed by atoms with van der Waals surface area (Å²) in [4.78, 5) is 10.8. The minimum absolute atomic E-state index is 0.0304. The number of hydrogen-bond donors (Lipinski definition) is 1. The van der Waals surface area contributed by atoms with Crippen LogP contribution in [-0.4, -0.2) is 16.6 Å². The smallest absolute Gasteiger partial charge is 0.273 e. The Morgan fingerprint density at radius 2 is 2.00 bits per heavy atom. The first-order valence-electron chi connectivity index (χ1n) is 6.46. The fraction of sp³-hybridized carbons (Fsp3) is 0.467. The van der Waals surface area contributed by atoms with Crippen LogP contribution < -0.4 is 0 Å². The van der Waals surface area contributed by atoms with E-state index in [1.54, 1.807) is 12.1 Å². The van der Waals surface area contributed by atoms with Gasteiger partial charge in [-0.15, -0.1) is 0 Å². The lowest BCUT2D eigenvalue weighted by atomic mass is 9.96. The third-order valence-electron chi connectivity index (χ3n) is 3.15. The van der Waals surface area contributed by atoms with E-state index in [2.05, 4.69) is 0 Å². The van der Waals surface area contributed by atoms with E-state index in [4.69, 9.17) is 0 Å². The summed E-state index contributed by atoms with van der Waals surface area (Å²) in [6, 6.07) is 5.23. The summed E-state index contributed by atoms with van der Waals surface area (Å²) < 4.78 is 0. The van der Waals surface area contributed by atoms with Crippen molar-refractivity contribution in [2.45, 2.75) is 33.6 Å². The van der Waals surface area contributed by atoms with E-state index in [-0.39, 0.29) is 29.1 Å². The number of hydrogen-bond acceptors (Lipinski definition) is 3. The maximum atomic E-state index is 11.1. The van der Waals surface area contributed by atoms with Gasteiger partial charge in [0, 0.05) is 11.6 Å². The van der Waals surface area contributed by atoms with Crippen molar-refractivity contribution >= 4 is 11.8 Å². The van der Waals surface area contributed by atoms with Crippen LogP contribution in [0.5, 0.6) is 0 Å². The van der Waals surface area contributed by atoms with E-state index in [1.165, 1.54) is 0 Å². The van der Waals surface area contributed by atoms with Crippen LogP contribution in [0.15, 0.2) is 23.8 Å². The van der Waals surface area contributed by atoms with E-state index in [0.29, 0.717) is 0 Å². The number of aliphatic hydroxyl groups is 1. The second kappa shape index (κ2) is 6.48. The lowest BCUT2D eigenvalue weighted by Crippen LogP contribution is -2.00. The molecule has 0 unspecified atom stereocenters. The Kier molecular flexibility index (Phi) is 5.24. The minimum atomic E-state index is -0.347. The quantitative estimate of drug-likeness (QED) is 0.650. The SMILES string of the molecule is CC(C)C(=Cc1ccc(C(C)C)c([N+](=O)[O-])c1)CO. The van der Waals surface area contributed by atoms with Crippen LogP contribution in [0.25, 0.3) is 6.08 Å². The molecular weight excluding hydrogens is 242 g/mol. The molecule has 0 heterocycles. The Morgan fingerprint density at radius 1 is 1.37 bits per heavy atom. The Hall–Kier alpha value is -1.68. The molecule has 1 aromatic rings. The topological polar surface area (TPSA) is 63.4 Å². The molecule has 4 heteroatoms. The van der Waals surface area contributed by atoms with Gasteiger partial charge in [0.05, 0.1) is 11.5 Å². The van der Waals surface area contributed by atoms with Crippen LogP contribution in [0.1, 0.15) is 44.7 Å². The van der Waals surface area contributed by atoms with Crippen LogP contribution in [0.4, 0.5) is 5.69 Å². The summed E-state index contributed by atoms with van der Waals surface area (Å²) in [5, 5.41) is 20.4. The summed E-state index contributed by atoms with van der Waals surface area (Å²) in [6.45, 7) is 7.81. The average molecular weight is 263 g/mol. The molecule has 0 aromatic heterocycles. The number of nitro benzene ring substituents is 1. The Morgan fingerprint density at radius 3 is 2.42 bits per heavy atom. The predicted octanol–water partition coefficient (Wildman–Crippen LogP) is 3.75. The van der Waals surface area contributed by atoms with Gasteiger partial charge in [-0.2, -0.15) is 0 Å². The van der Waals surface area contributed by atoms with Gasteiger partial charge in [0.2, 0.25) is 0 Å². The van der Waals surface area contributed by atoms with Gasteiger partial charge in [-0.1, -0.05) is 45.9 Å². The van der Waals surface area contributed by atoms with Crippen molar-refractivity contribution in [3.05, 3.63) is 45.0 Å². The fourth-order valence-corrected chi connectivity index (χ4v) is 1.91. The number of rotatable bonds is 5. The molecule has 0 spiro atoms. The van der Waals surface area contributed by atoms with E-state index in [9.17, 15) is 15.2 Å². The van der Waals surface area contributed by atoms with Gasteiger partial charge in [0.25, 0.3) is 5.69 Å². The number of nitrogens with zero attached hydrogens (tertiary/aromatic N) is 1. The first kappa shape index (κ1) is 15.4. The van der Waals surface area contributed by atoms with Gasteiger partial charge in [0.1, 0.15) is 0 Å². The van der Waals surface area contributed by atoms with Crippen molar-refractivity contribution in [3.8, 4) is 0 Å². The largest absolute Gasteiger partial charge is 0.392 e. The van der Waals surface area contributed by atoms with Crippen molar-refractivity contribution in [1.29, 1.82) is 0 Å². The Labute approximate surface area is 113 Å². The molecule has 0 aliphatic carbocycles. The van der Waals surface area contributed by atoms with Gasteiger partial charge in [-0.3, -0.25) is 10.1 Å². The first-order chi connectivity index (χ1) is 8.86. The maximum absolute atomic E-state index is 11.1. The lowest BCUT2D eigenvalue weighted by Gasteiger charge is -2.10. The van der Waals surface area contributed by atoms with Crippen molar-refractivity contribution in [3.63, 3.8) is 0 Å². The molecule has 0 amide bonds. The average Bonchev–Trinajstić information content (AvgIpc) is 2.34. The van der Waals surface area contributed by atoms with Crippen molar-refractivity contribution in [1.82, 2.24) is 0 Å². The highest BCUT2D eigenvalue weighted by Crippen LogP contribution is 2.28. The predicted molar refractivity (Wildman–Crippen MR) is 77.1 cm³/mol. The summed E-state index contributed by atoms with van der Waals surface area (Å²) in [5.74, 6) is 0.328. The van der Waals surface area contributed by atoms with Crippen LogP contribution in [0, 0.1) is 16.0 Å². The van der Waals surface area contributed by atoms with E-state index >= 15 is 0 Å². The Bertz CT molecular complexity index is 490. The van der Waals surface area contributed by atoms with Crippen molar-refractivity contribution in [2.75, 3.05) is 6.61 Å². The molecule has 1 N–H and O–H groups in total. The zero-order valence-electron chi connectivity index (χ0n) is 11.9. The molecule has 1 rings (SSSR count). The second-order valence-electron chi connectivity index (χ2n) is 5.26. The van der Waals surface area contributed by atoms with Gasteiger partial charge in [-0.25, -0.2) is 0 Å². The highest BCUT2D eigenvalue weighted by molar-refractivity contribution is 5.59.